The number of halogens is 4. The highest BCUT2D eigenvalue weighted by Crippen LogP contribution is 2.39. The first-order valence-corrected chi connectivity index (χ1v) is 10.8. The van der Waals surface area contributed by atoms with Crippen molar-refractivity contribution in [2.24, 2.45) is 0 Å². The molecule has 0 aliphatic carbocycles. The smallest absolute Gasteiger partial charge is 0.167 e. The van der Waals surface area contributed by atoms with Crippen LogP contribution in [0.25, 0.3) is 0 Å². The van der Waals surface area contributed by atoms with E-state index in [2.05, 4.69) is 5.32 Å². The summed E-state index contributed by atoms with van der Waals surface area (Å²) in [7, 11) is 0. The molecule has 3 aromatic carbocycles. The van der Waals surface area contributed by atoms with E-state index in [-0.39, 0.29) is 0 Å². The number of ether oxygens (including phenoxy) is 2. The van der Waals surface area contributed by atoms with Crippen molar-refractivity contribution < 1.29 is 22.6 Å². The van der Waals surface area contributed by atoms with Gasteiger partial charge in [-0.25, -0.2) is 13.2 Å². The lowest BCUT2D eigenvalue weighted by Gasteiger charge is -2.44. The van der Waals surface area contributed by atoms with Crippen LogP contribution in [0.5, 0.6) is 0 Å². The highest BCUT2D eigenvalue weighted by atomic mass is 35.5. The molecular formula is C25H23ClF3NO2. The Bertz CT molecular complexity index is 1050. The first-order valence-electron chi connectivity index (χ1n) is 10.4. The average Bonchev–Trinajstić information content (AvgIpc) is 2.82. The van der Waals surface area contributed by atoms with E-state index in [1.807, 2.05) is 42.5 Å². The molecule has 0 saturated carbocycles. The first kappa shape index (κ1) is 22.8. The van der Waals surface area contributed by atoms with Crippen molar-refractivity contribution in [3.8, 4) is 0 Å². The summed E-state index contributed by atoms with van der Waals surface area (Å²) >= 11 is 6.09. The summed E-state index contributed by atoms with van der Waals surface area (Å²) in [6, 6.07) is 18.7. The topological polar surface area (TPSA) is 30.5 Å². The summed E-state index contributed by atoms with van der Waals surface area (Å²) in [6.45, 7) is 0.966. The van der Waals surface area contributed by atoms with Crippen LogP contribution in [0.4, 0.5) is 13.2 Å². The minimum atomic E-state index is -1.24. The van der Waals surface area contributed by atoms with Crippen LogP contribution in [0.3, 0.4) is 0 Å². The standard InChI is InChI=1S/C25H23ClF3NO2/c26-19-8-6-18(7-9-19)25(32-15-17-4-2-1-3-5-17)12-13-30-14-23(25)31-16-20-21(27)10-11-22(28)24(20)29/h1-11,23,30H,12-16H2/t23?,25-/m0/s1. The molecule has 1 aliphatic heterocycles. The maximum absolute atomic E-state index is 14.2. The fraction of sp³-hybridized carbons (Fsp3) is 0.280. The molecule has 0 spiro atoms. The van der Waals surface area contributed by atoms with Crippen LogP contribution in [0, 0.1) is 17.5 Å². The van der Waals surface area contributed by atoms with Gasteiger partial charge in [-0.15, -0.1) is 0 Å². The molecule has 1 unspecified atom stereocenters. The zero-order chi connectivity index (χ0) is 22.6. The van der Waals surface area contributed by atoms with Gasteiger partial charge in [-0.1, -0.05) is 54.1 Å². The zero-order valence-corrected chi connectivity index (χ0v) is 18.0. The van der Waals surface area contributed by atoms with Gasteiger partial charge in [0.1, 0.15) is 17.5 Å². The molecule has 1 N–H and O–H groups in total. The van der Waals surface area contributed by atoms with Gasteiger partial charge in [-0.3, -0.25) is 0 Å². The number of rotatable bonds is 7. The van der Waals surface area contributed by atoms with E-state index in [0.29, 0.717) is 31.1 Å². The molecule has 1 aliphatic rings. The summed E-state index contributed by atoms with van der Waals surface area (Å²) in [5.41, 5.74) is 0.514. The monoisotopic (exact) mass is 461 g/mol. The Morgan fingerprint density at radius 2 is 1.62 bits per heavy atom. The van der Waals surface area contributed by atoms with Crippen LogP contribution in [-0.2, 0) is 28.3 Å². The van der Waals surface area contributed by atoms with E-state index in [9.17, 15) is 13.2 Å². The van der Waals surface area contributed by atoms with Gasteiger partial charge in [0, 0.05) is 11.6 Å². The Hall–Kier alpha value is -2.38. The summed E-state index contributed by atoms with van der Waals surface area (Å²) in [5, 5.41) is 3.84. The summed E-state index contributed by atoms with van der Waals surface area (Å²) in [4.78, 5) is 0. The van der Waals surface area contributed by atoms with Crippen LogP contribution in [0.15, 0.2) is 66.7 Å². The van der Waals surface area contributed by atoms with Crippen LogP contribution in [0.1, 0.15) is 23.1 Å². The average molecular weight is 462 g/mol. The summed E-state index contributed by atoms with van der Waals surface area (Å²) in [5.74, 6) is -3.21. The lowest BCUT2D eigenvalue weighted by molar-refractivity contribution is -0.177. The van der Waals surface area contributed by atoms with Crippen LogP contribution < -0.4 is 5.32 Å². The number of benzene rings is 3. The van der Waals surface area contributed by atoms with Gasteiger partial charge in [-0.05, 0) is 48.4 Å². The summed E-state index contributed by atoms with van der Waals surface area (Å²) < 4.78 is 54.5. The van der Waals surface area contributed by atoms with Gasteiger partial charge in [-0.2, -0.15) is 0 Å². The Morgan fingerprint density at radius 3 is 2.38 bits per heavy atom. The second kappa shape index (κ2) is 10.0. The lowest BCUT2D eigenvalue weighted by atomic mass is 9.82. The molecule has 3 nitrogen and oxygen atoms in total. The molecule has 0 radical (unpaired) electrons. The number of hydrogen-bond donors (Lipinski definition) is 1. The predicted octanol–water partition coefficient (Wildman–Crippen LogP) is 5.75. The maximum Gasteiger partial charge on any atom is 0.167 e. The molecule has 168 valence electrons. The van der Waals surface area contributed by atoms with Crippen LogP contribution in [-0.4, -0.2) is 19.2 Å². The van der Waals surface area contributed by atoms with Crippen molar-refractivity contribution >= 4 is 11.6 Å². The molecular weight excluding hydrogens is 439 g/mol. The van der Waals surface area contributed by atoms with Crippen LogP contribution in [0.2, 0.25) is 5.02 Å². The number of piperidine rings is 1. The summed E-state index contributed by atoms with van der Waals surface area (Å²) in [6.07, 6.45) is -0.0107. The van der Waals surface area contributed by atoms with E-state index < -0.39 is 41.3 Å². The molecule has 1 fully saturated rings. The molecule has 32 heavy (non-hydrogen) atoms. The Morgan fingerprint density at radius 1 is 0.906 bits per heavy atom. The fourth-order valence-electron chi connectivity index (χ4n) is 4.01. The molecule has 7 heteroatoms. The van der Waals surface area contributed by atoms with Crippen molar-refractivity contribution in [3.63, 3.8) is 0 Å². The van der Waals surface area contributed by atoms with Gasteiger partial charge in [0.15, 0.2) is 11.6 Å². The van der Waals surface area contributed by atoms with Crippen molar-refractivity contribution in [3.05, 3.63) is 106 Å². The van der Waals surface area contributed by atoms with Crippen molar-refractivity contribution in [2.75, 3.05) is 13.1 Å². The van der Waals surface area contributed by atoms with E-state index in [0.717, 1.165) is 23.3 Å². The van der Waals surface area contributed by atoms with E-state index in [1.54, 1.807) is 12.1 Å². The van der Waals surface area contributed by atoms with Gasteiger partial charge in [0.2, 0.25) is 0 Å². The number of nitrogens with one attached hydrogen (secondary N) is 1. The maximum atomic E-state index is 14.2. The molecule has 2 atom stereocenters. The first-order chi connectivity index (χ1) is 15.5. The highest BCUT2D eigenvalue weighted by Gasteiger charge is 2.44. The highest BCUT2D eigenvalue weighted by molar-refractivity contribution is 6.30. The van der Waals surface area contributed by atoms with E-state index in [4.69, 9.17) is 21.1 Å². The van der Waals surface area contributed by atoms with E-state index >= 15 is 0 Å². The molecule has 0 bridgehead atoms. The SMILES string of the molecule is Fc1ccc(F)c(COC2CNCC[C@]2(OCc2ccccc2)c2ccc(Cl)cc2)c1F. The predicted molar refractivity (Wildman–Crippen MR) is 117 cm³/mol. The fourth-order valence-corrected chi connectivity index (χ4v) is 4.13. The second-order valence-corrected chi connectivity index (χ2v) is 8.18. The molecule has 4 rings (SSSR count). The van der Waals surface area contributed by atoms with Crippen LogP contribution >= 0.6 is 11.6 Å². The van der Waals surface area contributed by atoms with Gasteiger partial charge in [0.05, 0.1) is 18.8 Å². The molecule has 0 amide bonds. The van der Waals surface area contributed by atoms with Gasteiger partial charge in [0.25, 0.3) is 0 Å². The molecule has 3 aromatic rings. The lowest BCUT2D eigenvalue weighted by Crippen LogP contribution is -2.54. The molecule has 1 heterocycles. The number of hydrogen-bond acceptors (Lipinski definition) is 3. The zero-order valence-electron chi connectivity index (χ0n) is 17.3. The van der Waals surface area contributed by atoms with Crippen molar-refractivity contribution in [1.82, 2.24) is 5.32 Å². The van der Waals surface area contributed by atoms with Crippen molar-refractivity contribution in [1.29, 1.82) is 0 Å². The Labute approximate surface area is 190 Å². The van der Waals surface area contributed by atoms with Gasteiger partial charge >= 0.3 is 0 Å². The minimum absolute atomic E-state index is 0.325. The molecule has 0 aromatic heterocycles. The third-order valence-electron chi connectivity index (χ3n) is 5.76. The molecule has 1 saturated heterocycles. The second-order valence-electron chi connectivity index (χ2n) is 7.75. The normalized spacial score (nSPS) is 20.9. The van der Waals surface area contributed by atoms with Gasteiger partial charge < -0.3 is 14.8 Å². The van der Waals surface area contributed by atoms with Crippen molar-refractivity contribution in [2.45, 2.75) is 31.3 Å². The van der Waals surface area contributed by atoms with E-state index in [1.165, 1.54) is 0 Å². The Kier molecular flexibility index (Phi) is 7.16. The third kappa shape index (κ3) is 4.84. The Balaban J connectivity index is 1.64. The third-order valence-corrected chi connectivity index (χ3v) is 6.01. The quantitative estimate of drug-likeness (QED) is 0.454. The minimum Gasteiger partial charge on any atom is -0.369 e. The largest absolute Gasteiger partial charge is 0.369 e.